The predicted molar refractivity (Wildman–Crippen MR) is 60.5 cm³/mol. The Hall–Kier alpha value is -1.57. The van der Waals surface area contributed by atoms with Gasteiger partial charge >= 0.3 is 0 Å². The maximum atomic E-state index is 10.7. The minimum Gasteiger partial charge on any atom is -0.378 e. The van der Waals surface area contributed by atoms with Gasteiger partial charge in [0.05, 0.1) is 0 Å². The first-order valence-corrected chi connectivity index (χ1v) is 4.55. The van der Waals surface area contributed by atoms with Crippen LogP contribution in [0.5, 0.6) is 0 Å². The van der Waals surface area contributed by atoms with Gasteiger partial charge in [0.2, 0.25) is 0 Å². The number of carbonyl (C=O) groups excluding carboxylic acids is 1. The number of allylic oxidation sites excluding steroid dienone is 1. The molecule has 1 aromatic carbocycles. The van der Waals surface area contributed by atoms with Crippen LogP contribution in [0.3, 0.4) is 0 Å². The van der Waals surface area contributed by atoms with E-state index >= 15 is 0 Å². The highest BCUT2D eigenvalue weighted by atomic mass is 16.1. The molecule has 0 aliphatic heterocycles. The Kier molecular flexibility index (Phi) is 3.46. The third-order valence-electron chi connectivity index (χ3n) is 1.92. The SMILES string of the molecule is CC(=O)C=Cc1ccc(N(C)C)cc1. The Morgan fingerprint density at radius 2 is 1.79 bits per heavy atom. The maximum absolute atomic E-state index is 10.7. The first-order chi connectivity index (χ1) is 6.59. The zero-order chi connectivity index (χ0) is 10.6. The monoisotopic (exact) mass is 189 g/mol. The topological polar surface area (TPSA) is 20.3 Å². The van der Waals surface area contributed by atoms with Crippen molar-refractivity contribution in [2.24, 2.45) is 0 Å². The van der Waals surface area contributed by atoms with Gasteiger partial charge in [-0.05, 0) is 30.7 Å². The molecule has 1 rings (SSSR count). The molecule has 1 aromatic rings. The molecule has 0 radical (unpaired) electrons. The predicted octanol–water partition coefficient (Wildman–Crippen LogP) is 2.35. The summed E-state index contributed by atoms with van der Waals surface area (Å²) < 4.78 is 0. The summed E-state index contributed by atoms with van der Waals surface area (Å²) in [5, 5.41) is 0. The number of hydrogen-bond donors (Lipinski definition) is 0. The van der Waals surface area contributed by atoms with Crippen LogP contribution in [0.25, 0.3) is 6.08 Å². The van der Waals surface area contributed by atoms with Gasteiger partial charge in [-0.25, -0.2) is 0 Å². The number of anilines is 1. The lowest BCUT2D eigenvalue weighted by Crippen LogP contribution is -2.07. The molecular weight excluding hydrogens is 174 g/mol. The van der Waals surface area contributed by atoms with Crippen molar-refractivity contribution in [2.45, 2.75) is 6.92 Å². The fraction of sp³-hybridized carbons (Fsp3) is 0.250. The van der Waals surface area contributed by atoms with E-state index in [2.05, 4.69) is 0 Å². The molecule has 0 spiro atoms. The van der Waals surface area contributed by atoms with E-state index in [1.807, 2.05) is 49.3 Å². The fourth-order valence-electron chi connectivity index (χ4n) is 1.10. The lowest BCUT2D eigenvalue weighted by molar-refractivity contribution is -0.112. The van der Waals surface area contributed by atoms with Crippen LogP contribution in [-0.4, -0.2) is 19.9 Å². The highest BCUT2D eigenvalue weighted by Crippen LogP contribution is 2.12. The third kappa shape index (κ3) is 3.05. The molecule has 2 nitrogen and oxygen atoms in total. The average Bonchev–Trinajstić information content (AvgIpc) is 2.15. The maximum Gasteiger partial charge on any atom is 0.152 e. The van der Waals surface area contributed by atoms with E-state index in [0.717, 1.165) is 11.3 Å². The molecule has 0 atom stereocenters. The first kappa shape index (κ1) is 10.5. The Morgan fingerprint density at radius 1 is 1.21 bits per heavy atom. The second-order valence-corrected chi connectivity index (χ2v) is 3.43. The molecule has 14 heavy (non-hydrogen) atoms. The lowest BCUT2D eigenvalue weighted by Gasteiger charge is -2.11. The second kappa shape index (κ2) is 4.61. The van der Waals surface area contributed by atoms with Crippen LogP contribution in [0.2, 0.25) is 0 Å². The van der Waals surface area contributed by atoms with Crippen molar-refractivity contribution in [1.82, 2.24) is 0 Å². The Bertz CT molecular complexity index is 336. The number of nitrogens with zero attached hydrogens (tertiary/aromatic N) is 1. The van der Waals surface area contributed by atoms with Crippen LogP contribution in [0.4, 0.5) is 5.69 Å². The van der Waals surface area contributed by atoms with Gasteiger partial charge in [0.25, 0.3) is 0 Å². The summed E-state index contributed by atoms with van der Waals surface area (Å²) in [5.74, 6) is 0.0710. The van der Waals surface area contributed by atoms with Gasteiger partial charge in [0.15, 0.2) is 5.78 Å². The second-order valence-electron chi connectivity index (χ2n) is 3.43. The van der Waals surface area contributed by atoms with Gasteiger partial charge in [0, 0.05) is 19.8 Å². The summed E-state index contributed by atoms with van der Waals surface area (Å²) in [6.07, 6.45) is 3.40. The van der Waals surface area contributed by atoms with E-state index in [4.69, 9.17) is 0 Å². The number of carbonyl (C=O) groups is 1. The summed E-state index contributed by atoms with van der Waals surface area (Å²) in [5.41, 5.74) is 2.20. The molecule has 0 saturated heterocycles. The van der Waals surface area contributed by atoms with Gasteiger partial charge in [-0.1, -0.05) is 18.2 Å². The third-order valence-corrected chi connectivity index (χ3v) is 1.92. The van der Waals surface area contributed by atoms with Crippen LogP contribution in [0.15, 0.2) is 30.3 Å². The number of ketones is 1. The normalized spacial score (nSPS) is 10.5. The lowest BCUT2D eigenvalue weighted by atomic mass is 10.2. The smallest absolute Gasteiger partial charge is 0.152 e. The van der Waals surface area contributed by atoms with Gasteiger partial charge in [-0.2, -0.15) is 0 Å². The van der Waals surface area contributed by atoms with Crippen molar-refractivity contribution >= 4 is 17.5 Å². The molecule has 0 amide bonds. The highest BCUT2D eigenvalue weighted by Gasteiger charge is 1.93. The summed E-state index contributed by atoms with van der Waals surface area (Å²) in [6.45, 7) is 1.55. The van der Waals surface area contributed by atoms with E-state index in [-0.39, 0.29) is 5.78 Å². The van der Waals surface area contributed by atoms with Crippen molar-refractivity contribution < 1.29 is 4.79 Å². The molecule has 0 saturated carbocycles. The summed E-state index contributed by atoms with van der Waals surface area (Å²) >= 11 is 0. The summed E-state index contributed by atoms with van der Waals surface area (Å²) in [6, 6.07) is 8.04. The van der Waals surface area contributed by atoms with Crippen molar-refractivity contribution in [3.8, 4) is 0 Å². The minimum atomic E-state index is 0.0710. The van der Waals surface area contributed by atoms with Gasteiger partial charge in [0.1, 0.15) is 0 Å². The van der Waals surface area contributed by atoms with Gasteiger partial charge in [-0.15, -0.1) is 0 Å². The molecule has 0 fully saturated rings. The Labute approximate surface area is 84.9 Å². The first-order valence-electron chi connectivity index (χ1n) is 4.55. The van der Waals surface area contributed by atoms with Gasteiger partial charge < -0.3 is 4.90 Å². The Morgan fingerprint density at radius 3 is 2.21 bits per heavy atom. The highest BCUT2D eigenvalue weighted by molar-refractivity contribution is 5.91. The van der Waals surface area contributed by atoms with Crippen LogP contribution in [0, 0.1) is 0 Å². The van der Waals surface area contributed by atoms with E-state index in [9.17, 15) is 4.79 Å². The summed E-state index contributed by atoms with van der Waals surface area (Å²) in [7, 11) is 4.00. The van der Waals surface area contributed by atoms with Crippen molar-refractivity contribution in [3.63, 3.8) is 0 Å². The van der Waals surface area contributed by atoms with E-state index < -0.39 is 0 Å². The average molecular weight is 189 g/mol. The van der Waals surface area contributed by atoms with Crippen molar-refractivity contribution in [1.29, 1.82) is 0 Å². The molecule has 0 heterocycles. The molecule has 0 N–H and O–H groups in total. The molecule has 2 heteroatoms. The molecule has 0 aliphatic rings. The number of rotatable bonds is 3. The van der Waals surface area contributed by atoms with Gasteiger partial charge in [-0.3, -0.25) is 4.79 Å². The van der Waals surface area contributed by atoms with Crippen LogP contribution in [0.1, 0.15) is 12.5 Å². The molecule has 0 bridgehead atoms. The van der Waals surface area contributed by atoms with Crippen LogP contribution >= 0.6 is 0 Å². The standard InChI is InChI=1S/C12H15NO/c1-10(14)4-5-11-6-8-12(9-7-11)13(2)3/h4-9H,1-3H3. The van der Waals surface area contributed by atoms with E-state index in [1.165, 1.54) is 0 Å². The molecule has 0 unspecified atom stereocenters. The zero-order valence-corrected chi connectivity index (χ0v) is 8.82. The quantitative estimate of drug-likeness (QED) is 0.680. The van der Waals surface area contributed by atoms with Crippen molar-refractivity contribution in [3.05, 3.63) is 35.9 Å². The minimum absolute atomic E-state index is 0.0710. The number of hydrogen-bond acceptors (Lipinski definition) is 2. The fourth-order valence-corrected chi connectivity index (χ4v) is 1.10. The van der Waals surface area contributed by atoms with E-state index in [1.54, 1.807) is 13.0 Å². The van der Waals surface area contributed by atoms with E-state index in [0.29, 0.717) is 0 Å². The van der Waals surface area contributed by atoms with Crippen LogP contribution in [-0.2, 0) is 4.79 Å². The molecular formula is C12H15NO. The van der Waals surface area contributed by atoms with Crippen LogP contribution < -0.4 is 4.90 Å². The number of benzene rings is 1. The molecule has 74 valence electrons. The summed E-state index contributed by atoms with van der Waals surface area (Å²) in [4.78, 5) is 12.7. The van der Waals surface area contributed by atoms with Crippen molar-refractivity contribution in [2.75, 3.05) is 19.0 Å². The zero-order valence-electron chi connectivity index (χ0n) is 8.82. The Balaban J connectivity index is 2.78. The largest absolute Gasteiger partial charge is 0.378 e. The molecule has 0 aromatic heterocycles. The molecule has 0 aliphatic carbocycles.